The molecular formula is C52H34Cl4N12O2. The van der Waals surface area contributed by atoms with Crippen molar-refractivity contribution >= 4 is 85.3 Å². The van der Waals surface area contributed by atoms with Gasteiger partial charge in [-0.2, -0.15) is 9.03 Å². The summed E-state index contributed by atoms with van der Waals surface area (Å²) < 4.78 is 7.10. The Morgan fingerprint density at radius 3 is 1.66 bits per heavy atom. The first-order valence-corrected chi connectivity index (χ1v) is 23.2. The minimum absolute atomic E-state index is 0.132. The number of fused-ring (bicyclic) bond motifs is 6. The topological polar surface area (TPSA) is 159 Å². The monoisotopic (exact) mass is 998 g/mol. The molecule has 0 spiro atoms. The van der Waals surface area contributed by atoms with E-state index in [1.54, 1.807) is 40.1 Å². The average molecular weight is 1000 g/mol. The van der Waals surface area contributed by atoms with Crippen LogP contribution in [0.2, 0.25) is 20.1 Å². The maximum atomic E-state index is 13.6. The van der Waals surface area contributed by atoms with E-state index < -0.39 is 6.10 Å². The second-order valence-electron chi connectivity index (χ2n) is 16.4. The number of carbonyl (C=O) groups is 1. The van der Waals surface area contributed by atoms with Crippen molar-refractivity contribution in [2.75, 3.05) is 0 Å². The van der Waals surface area contributed by atoms with Crippen LogP contribution >= 0.6 is 46.4 Å². The summed E-state index contributed by atoms with van der Waals surface area (Å²) in [5.74, 6) is -0.132. The van der Waals surface area contributed by atoms with E-state index in [2.05, 4.69) is 41.0 Å². The summed E-state index contributed by atoms with van der Waals surface area (Å²) in [5.41, 5.74) is 11.0. The van der Waals surface area contributed by atoms with Crippen molar-refractivity contribution in [2.24, 2.45) is 0 Å². The lowest BCUT2D eigenvalue weighted by Gasteiger charge is -2.16. The summed E-state index contributed by atoms with van der Waals surface area (Å²) in [6.45, 7) is 1.07. The van der Waals surface area contributed by atoms with Crippen molar-refractivity contribution in [3.05, 3.63) is 224 Å². The zero-order chi connectivity index (χ0) is 47.9. The fourth-order valence-electron chi connectivity index (χ4n) is 8.53. The van der Waals surface area contributed by atoms with Gasteiger partial charge in [-0.15, -0.1) is 10.2 Å². The number of hydrogen-bond acceptors (Lipinski definition) is 10. The molecule has 0 aliphatic rings. The highest BCUT2D eigenvalue weighted by Gasteiger charge is 2.21. The molecule has 6 heterocycles. The number of hydrogen-bond donors (Lipinski definition) is 1. The van der Waals surface area contributed by atoms with Crippen LogP contribution in [0, 0.1) is 0 Å². The third-order valence-electron chi connectivity index (χ3n) is 11.9. The summed E-state index contributed by atoms with van der Waals surface area (Å²) in [6, 6.07) is 45.5. The van der Waals surface area contributed by atoms with Crippen molar-refractivity contribution in [1.29, 1.82) is 0 Å². The van der Waals surface area contributed by atoms with Crippen LogP contribution in [0.4, 0.5) is 0 Å². The van der Waals surface area contributed by atoms with Gasteiger partial charge in [-0.05, 0) is 151 Å². The van der Waals surface area contributed by atoms with Crippen molar-refractivity contribution < 1.29 is 9.90 Å². The van der Waals surface area contributed by atoms with E-state index in [0.717, 1.165) is 60.8 Å². The molecule has 1 atom stereocenters. The van der Waals surface area contributed by atoms with E-state index in [1.165, 1.54) is 0 Å². The van der Waals surface area contributed by atoms with Gasteiger partial charge in [0.2, 0.25) is 5.78 Å². The molecule has 14 nitrogen and oxygen atoms in total. The molecule has 0 aliphatic carbocycles. The number of aliphatic hydroxyl groups is 1. The average Bonchev–Trinajstić information content (AvgIpc) is 4.23. The molecule has 0 bridgehead atoms. The second kappa shape index (κ2) is 18.9. The zero-order valence-electron chi connectivity index (χ0n) is 36.4. The predicted octanol–water partition coefficient (Wildman–Crippen LogP) is 11.3. The smallest absolute Gasteiger partial charge is 0.211 e. The number of aliphatic hydroxyl groups excluding tert-OH is 1. The third kappa shape index (κ3) is 8.86. The van der Waals surface area contributed by atoms with E-state index in [0.29, 0.717) is 61.4 Å². The number of benzene rings is 6. The minimum atomic E-state index is -0.883. The van der Waals surface area contributed by atoms with Crippen LogP contribution in [0.25, 0.3) is 55.4 Å². The Balaban J connectivity index is 0.000000152. The Morgan fingerprint density at radius 1 is 0.543 bits per heavy atom. The quantitative estimate of drug-likeness (QED) is 0.131. The van der Waals surface area contributed by atoms with E-state index in [-0.39, 0.29) is 5.78 Å². The SMILES string of the molecule is O=C(c1ccc2c(c1)c(-c1cccc(Cl)c1)cc1nnnn12)c1cncn1Cc1ccc(Cl)cc1.OC(c1ccc2c(c1)c(-c1cccc(Cl)c1)cc1nnnn12)c1cncn1Cc1ccc(Cl)cc1. The number of ketones is 1. The number of rotatable bonds is 10. The Kier molecular flexibility index (Phi) is 12.1. The molecule has 70 heavy (non-hydrogen) atoms. The van der Waals surface area contributed by atoms with Gasteiger partial charge in [-0.3, -0.25) is 4.79 Å². The highest BCUT2D eigenvalue weighted by molar-refractivity contribution is 6.31. The minimum Gasteiger partial charge on any atom is -0.382 e. The van der Waals surface area contributed by atoms with Crippen molar-refractivity contribution in [3.8, 4) is 22.3 Å². The van der Waals surface area contributed by atoms with Crippen LogP contribution < -0.4 is 0 Å². The van der Waals surface area contributed by atoms with E-state index in [9.17, 15) is 9.90 Å². The molecule has 0 amide bonds. The van der Waals surface area contributed by atoms with Crippen LogP contribution in [0.3, 0.4) is 0 Å². The maximum Gasteiger partial charge on any atom is 0.211 e. The summed E-state index contributed by atoms with van der Waals surface area (Å²) in [7, 11) is 0. The Morgan fingerprint density at radius 2 is 1.07 bits per heavy atom. The molecule has 0 saturated carbocycles. The predicted molar refractivity (Wildman–Crippen MR) is 271 cm³/mol. The highest BCUT2D eigenvalue weighted by atomic mass is 35.5. The van der Waals surface area contributed by atoms with Crippen molar-refractivity contribution in [2.45, 2.75) is 19.2 Å². The van der Waals surface area contributed by atoms with Crippen LogP contribution in [-0.2, 0) is 13.1 Å². The number of halogens is 4. The Labute approximate surface area is 417 Å². The number of imidazole rings is 2. The summed E-state index contributed by atoms with van der Waals surface area (Å²) in [4.78, 5) is 22.1. The first-order valence-electron chi connectivity index (χ1n) is 21.7. The molecule has 0 radical (unpaired) electrons. The molecule has 6 aromatic heterocycles. The number of aromatic nitrogens is 12. The van der Waals surface area contributed by atoms with Gasteiger partial charge in [-0.25, -0.2) is 9.97 Å². The molecule has 1 unspecified atom stereocenters. The van der Waals surface area contributed by atoms with Crippen molar-refractivity contribution in [3.63, 3.8) is 0 Å². The number of pyridine rings is 2. The summed E-state index contributed by atoms with van der Waals surface area (Å²) in [6.07, 6.45) is 5.77. The largest absolute Gasteiger partial charge is 0.382 e. The molecule has 12 rings (SSSR count). The van der Waals surface area contributed by atoms with Crippen LogP contribution in [0.5, 0.6) is 0 Å². The first-order chi connectivity index (χ1) is 34.1. The number of carbonyl (C=O) groups excluding carboxylic acids is 1. The molecule has 342 valence electrons. The third-order valence-corrected chi connectivity index (χ3v) is 12.9. The first kappa shape index (κ1) is 44.6. The van der Waals surface area contributed by atoms with E-state index in [1.807, 2.05) is 149 Å². The van der Waals surface area contributed by atoms with Gasteiger partial charge in [-0.1, -0.05) is 101 Å². The van der Waals surface area contributed by atoms with Crippen LogP contribution in [0.1, 0.15) is 44.5 Å². The Hall–Kier alpha value is -7.85. The Bertz CT molecular complexity index is 3910. The molecule has 1 N–H and O–H groups in total. The number of tetrazole rings is 2. The maximum absolute atomic E-state index is 13.6. The van der Waals surface area contributed by atoms with E-state index in [4.69, 9.17) is 46.4 Å². The fourth-order valence-corrected chi connectivity index (χ4v) is 9.17. The molecule has 12 aromatic rings. The lowest BCUT2D eigenvalue weighted by molar-refractivity contribution is 0.103. The highest BCUT2D eigenvalue weighted by Crippen LogP contribution is 2.35. The lowest BCUT2D eigenvalue weighted by atomic mass is 9.97. The molecule has 0 aliphatic heterocycles. The molecule has 6 aromatic carbocycles. The van der Waals surface area contributed by atoms with Crippen molar-refractivity contribution in [1.82, 2.24) is 59.2 Å². The van der Waals surface area contributed by atoms with E-state index >= 15 is 0 Å². The zero-order valence-corrected chi connectivity index (χ0v) is 39.4. The van der Waals surface area contributed by atoms with Crippen LogP contribution in [0.15, 0.2) is 171 Å². The standard InChI is InChI=1S/C26H18Cl2N6O.C26H16Cl2N6O/c2*27-19-7-4-16(5-8-19)14-33-15-29-13-24(33)26(35)18-6-9-23-22(11-18)21(12-25-30-31-32-34(23)25)17-2-1-3-20(28)10-17/h1-13,15,26,35H,14H2;1-13,15H,14H2. The summed E-state index contributed by atoms with van der Waals surface area (Å²) in [5, 5.41) is 39.8. The molecule has 0 saturated heterocycles. The number of nitrogens with zero attached hydrogens (tertiary/aromatic N) is 12. The van der Waals surface area contributed by atoms with Gasteiger partial charge in [0.15, 0.2) is 11.3 Å². The second-order valence-corrected chi connectivity index (χ2v) is 18.1. The molecule has 0 fully saturated rings. The van der Waals surface area contributed by atoms with Gasteiger partial charge in [0.25, 0.3) is 0 Å². The fraction of sp³-hybridized carbons (Fsp3) is 0.0577. The lowest BCUT2D eigenvalue weighted by Crippen LogP contribution is -2.11. The normalized spacial score (nSPS) is 11.9. The molecular weight excluding hydrogens is 966 g/mol. The van der Waals surface area contributed by atoms with Crippen LogP contribution in [-0.4, -0.2) is 70.1 Å². The van der Waals surface area contributed by atoms with Gasteiger partial charge >= 0.3 is 0 Å². The van der Waals surface area contributed by atoms with Gasteiger partial charge in [0, 0.05) is 49.5 Å². The van der Waals surface area contributed by atoms with Gasteiger partial charge in [0.1, 0.15) is 11.8 Å². The van der Waals surface area contributed by atoms with Gasteiger partial charge in [0.05, 0.1) is 41.8 Å². The van der Waals surface area contributed by atoms with Gasteiger partial charge < -0.3 is 14.2 Å². The molecule has 18 heteroatoms. The summed E-state index contributed by atoms with van der Waals surface area (Å²) >= 11 is 24.6.